The predicted octanol–water partition coefficient (Wildman–Crippen LogP) is 4.32. The second-order valence-corrected chi connectivity index (χ2v) is 7.95. The van der Waals surface area contributed by atoms with E-state index in [2.05, 4.69) is 55.2 Å². The van der Waals surface area contributed by atoms with Crippen LogP contribution in [-0.2, 0) is 0 Å². The average Bonchev–Trinajstić information content (AvgIpc) is 2.33. The third-order valence-corrected chi connectivity index (χ3v) is 4.10. The maximum atomic E-state index is 4.57. The van der Waals surface area contributed by atoms with Crippen molar-refractivity contribution in [2.45, 2.75) is 66.3 Å². The van der Waals surface area contributed by atoms with Gasteiger partial charge in [-0.25, -0.2) is 4.98 Å². The number of rotatable bonds is 5. The number of anilines is 2. The quantitative estimate of drug-likeness (QED) is 0.848. The highest BCUT2D eigenvalue weighted by Crippen LogP contribution is 2.46. The highest BCUT2D eigenvalue weighted by atomic mass is 15.1. The minimum absolute atomic E-state index is 0.385. The third kappa shape index (κ3) is 4.87. The summed E-state index contributed by atoms with van der Waals surface area (Å²) in [4.78, 5) is 8.83. The lowest BCUT2D eigenvalue weighted by molar-refractivity contribution is 0.105. The highest BCUT2D eigenvalue weighted by molar-refractivity contribution is 5.40. The molecule has 1 aromatic heterocycles. The van der Waals surface area contributed by atoms with Crippen LogP contribution >= 0.6 is 0 Å². The number of nitrogens with zero attached hydrogens (tertiary/aromatic N) is 2. The predicted molar refractivity (Wildman–Crippen MR) is 89.6 cm³/mol. The molecule has 2 N–H and O–H groups in total. The third-order valence-electron chi connectivity index (χ3n) is 4.10. The second-order valence-electron chi connectivity index (χ2n) is 7.95. The molecule has 21 heavy (non-hydrogen) atoms. The molecular formula is C17H30N4. The lowest BCUT2D eigenvalue weighted by Crippen LogP contribution is -2.40. The van der Waals surface area contributed by atoms with Crippen LogP contribution in [0.4, 0.5) is 11.8 Å². The van der Waals surface area contributed by atoms with E-state index in [-0.39, 0.29) is 0 Å². The van der Waals surface area contributed by atoms with Crippen molar-refractivity contribution in [2.24, 2.45) is 10.8 Å². The number of aromatic nitrogens is 2. The van der Waals surface area contributed by atoms with Gasteiger partial charge < -0.3 is 10.6 Å². The fourth-order valence-electron chi connectivity index (χ4n) is 3.92. The molecule has 0 radical (unpaired) electrons. The van der Waals surface area contributed by atoms with Crippen molar-refractivity contribution in [1.29, 1.82) is 0 Å². The van der Waals surface area contributed by atoms with E-state index in [1.807, 2.05) is 12.3 Å². The van der Waals surface area contributed by atoms with Crippen molar-refractivity contribution < 1.29 is 0 Å². The molecule has 118 valence electrons. The van der Waals surface area contributed by atoms with Gasteiger partial charge in [-0.15, -0.1) is 0 Å². The Balaban J connectivity index is 2.03. The first-order valence-electron chi connectivity index (χ1n) is 8.13. The van der Waals surface area contributed by atoms with E-state index >= 15 is 0 Å². The first kappa shape index (κ1) is 16.1. The second kappa shape index (κ2) is 6.20. The molecule has 0 atom stereocenters. The van der Waals surface area contributed by atoms with E-state index in [1.54, 1.807) is 0 Å². The molecule has 0 saturated heterocycles. The van der Waals surface area contributed by atoms with Crippen LogP contribution in [0.1, 0.15) is 60.3 Å². The molecule has 0 aliphatic heterocycles. The summed E-state index contributed by atoms with van der Waals surface area (Å²) in [6.07, 6.45) is 6.57. The van der Waals surface area contributed by atoms with Crippen molar-refractivity contribution in [2.75, 3.05) is 17.2 Å². The summed E-state index contributed by atoms with van der Waals surface area (Å²) < 4.78 is 0. The van der Waals surface area contributed by atoms with Crippen molar-refractivity contribution in [3.63, 3.8) is 0 Å². The average molecular weight is 290 g/mol. The van der Waals surface area contributed by atoms with Crippen LogP contribution in [0.2, 0.25) is 0 Å². The molecule has 4 nitrogen and oxygen atoms in total. The Hall–Kier alpha value is -1.32. The van der Waals surface area contributed by atoms with E-state index in [0.29, 0.717) is 16.9 Å². The Labute approximate surface area is 129 Å². The standard InChI is InChI=1S/C17H30N4/c1-6-8-18-15-19-9-7-14(21-15)20-13-10-16(2,3)12-17(4,5)11-13/h7,9,13H,6,8,10-12H2,1-5H3,(H2,18,19,20,21). The van der Waals surface area contributed by atoms with Crippen LogP contribution in [-0.4, -0.2) is 22.6 Å². The Morgan fingerprint density at radius 2 is 1.86 bits per heavy atom. The molecule has 1 heterocycles. The summed E-state index contributed by atoms with van der Waals surface area (Å²) in [5, 5.41) is 6.86. The van der Waals surface area contributed by atoms with Crippen LogP contribution in [0.3, 0.4) is 0 Å². The molecule has 0 spiro atoms. The molecule has 2 rings (SSSR count). The number of hydrogen-bond donors (Lipinski definition) is 2. The van der Waals surface area contributed by atoms with E-state index in [1.165, 1.54) is 19.3 Å². The molecule has 0 aromatic carbocycles. The topological polar surface area (TPSA) is 49.8 Å². The van der Waals surface area contributed by atoms with Gasteiger partial charge in [0.15, 0.2) is 0 Å². The molecule has 1 fully saturated rings. The van der Waals surface area contributed by atoms with Crippen LogP contribution in [0.15, 0.2) is 12.3 Å². The molecule has 1 aliphatic rings. The zero-order chi connectivity index (χ0) is 15.5. The zero-order valence-corrected chi connectivity index (χ0v) is 14.2. The molecule has 1 aliphatic carbocycles. The zero-order valence-electron chi connectivity index (χ0n) is 14.2. The Kier molecular flexibility index (Phi) is 4.74. The smallest absolute Gasteiger partial charge is 0.224 e. The van der Waals surface area contributed by atoms with E-state index < -0.39 is 0 Å². The van der Waals surface area contributed by atoms with Crippen LogP contribution in [0.25, 0.3) is 0 Å². The first-order chi connectivity index (χ1) is 9.80. The van der Waals surface area contributed by atoms with Crippen LogP contribution < -0.4 is 10.6 Å². The monoisotopic (exact) mass is 290 g/mol. The van der Waals surface area contributed by atoms with Crippen molar-refractivity contribution in [1.82, 2.24) is 9.97 Å². The molecule has 0 bridgehead atoms. The lowest BCUT2D eigenvalue weighted by atomic mass is 9.63. The van der Waals surface area contributed by atoms with Gasteiger partial charge in [0, 0.05) is 18.8 Å². The van der Waals surface area contributed by atoms with Gasteiger partial charge >= 0.3 is 0 Å². The summed E-state index contributed by atoms with van der Waals surface area (Å²) in [5.74, 6) is 1.65. The van der Waals surface area contributed by atoms with E-state index in [9.17, 15) is 0 Å². The maximum absolute atomic E-state index is 4.57. The van der Waals surface area contributed by atoms with Gasteiger partial charge in [-0.2, -0.15) is 4.98 Å². The minimum Gasteiger partial charge on any atom is -0.367 e. The number of hydrogen-bond acceptors (Lipinski definition) is 4. The van der Waals surface area contributed by atoms with Crippen molar-refractivity contribution in [3.8, 4) is 0 Å². The van der Waals surface area contributed by atoms with Crippen LogP contribution in [0, 0.1) is 10.8 Å². The molecule has 0 unspecified atom stereocenters. The largest absolute Gasteiger partial charge is 0.367 e. The van der Waals surface area contributed by atoms with Crippen molar-refractivity contribution in [3.05, 3.63) is 12.3 Å². The summed E-state index contributed by atoms with van der Waals surface area (Å²) in [5.41, 5.74) is 0.769. The number of nitrogens with one attached hydrogen (secondary N) is 2. The Bertz CT molecular complexity index is 452. The minimum atomic E-state index is 0.385. The highest BCUT2D eigenvalue weighted by Gasteiger charge is 2.38. The Morgan fingerprint density at radius 3 is 2.48 bits per heavy atom. The first-order valence-corrected chi connectivity index (χ1v) is 8.13. The van der Waals surface area contributed by atoms with Gasteiger partial charge in [-0.05, 0) is 42.6 Å². The molecule has 1 aromatic rings. The molecular weight excluding hydrogens is 260 g/mol. The molecule has 0 amide bonds. The Morgan fingerprint density at radius 1 is 1.19 bits per heavy atom. The van der Waals surface area contributed by atoms with E-state index in [0.717, 1.165) is 24.7 Å². The summed E-state index contributed by atoms with van der Waals surface area (Å²) >= 11 is 0. The fraction of sp³-hybridized carbons (Fsp3) is 0.765. The van der Waals surface area contributed by atoms with Gasteiger partial charge in [0.2, 0.25) is 5.95 Å². The summed E-state index contributed by atoms with van der Waals surface area (Å²) in [6.45, 7) is 12.5. The van der Waals surface area contributed by atoms with Gasteiger partial charge in [-0.3, -0.25) is 0 Å². The van der Waals surface area contributed by atoms with Gasteiger partial charge in [0.25, 0.3) is 0 Å². The van der Waals surface area contributed by atoms with Gasteiger partial charge in [-0.1, -0.05) is 34.6 Å². The van der Waals surface area contributed by atoms with Gasteiger partial charge in [0.05, 0.1) is 0 Å². The van der Waals surface area contributed by atoms with Crippen molar-refractivity contribution >= 4 is 11.8 Å². The van der Waals surface area contributed by atoms with Gasteiger partial charge in [0.1, 0.15) is 5.82 Å². The molecule has 4 heteroatoms. The summed E-state index contributed by atoms with van der Waals surface area (Å²) in [6, 6.07) is 2.45. The fourth-order valence-corrected chi connectivity index (χ4v) is 3.92. The lowest BCUT2D eigenvalue weighted by Gasteiger charge is -2.45. The van der Waals surface area contributed by atoms with Crippen LogP contribution in [0.5, 0.6) is 0 Å². The molecule has 1 saturated carbocycles. The maximum Gasteiger partial charge on any atom is 0.224 e. The SMILES string of the molecule is CCCNc1nccc(NC2CC(C)(C)CC(C)(C)C2)n1. The van der Waals surface area contributed by atoms with E-state index in [4.69, 9.17) is 0 Å². The normalized spacial score (nSPS) is 21.0. The summed E-state index contributed by atoms with van der Waals surface area (Å²) in [7, 11) is 0.